The van der Waals surface area contributed by atoms with Crippen molar-refractivity contribution in [3.63, 3.8) is 0 Å². The fraction of sp³-hybridized carbons (Fsp3) is 0.500. The van der Waals surface area contributed by atoms with E-state index in [4.69, 9.17) is 9.84 Å². The maximum atomic E-state index is 10.6. The van der Waals surface area contributed by atoms with E-state index in [1.165, 1.54) is 6.07 Å². The van der Waals surface area contributed by atoms with Gasteiger partial charge in [0.15, 0.2) is 5.69 Å². The Labute approximate surface area is 87.1 Å². The summed E-state index contributed by atoms with van der Waals surface area (Å²) in [5.74, 6) is -0.685. The predicted octanol–water partition coefficient (Wildman–Crippen LogP) is 1.07. The highest BCUT2D eigenvalue weighted by Crippen LogP contribution is 2.24. The first-order valence-electron chi connectivity index (χ1n) is 4.92. The molecule has 1 N–H and O–H groups in total. The van der Waals surface area contributed by atoms with Crippen molar-refractivity contribution in [3.05, 3.63) is 23.5 Å². The molecular formula is C10H12N2O3. The minimum absolute atomic E-state index is 0.00851. The average Bonchev–Trinajstić information content (AvgIpc) is 2.30. The minimum atomic E-state index is -1.04. The van der Waals surface area contributed by atoms with Crippen molar-refractivity contribution in [2.75, 3.05) is 13.2 Å². The van der Waals surface area contributed by atoms with Crippen molar-refractivity contribution >= 4 is 5.97 Å². The number of aromatic carboxylic acids is 1. The first kappa shape index (κ1) is 10.0. The summed E-state index contributed by atoms with van der Waals surface area (Å²) in [5.41, 5.74) is 0.856. The zero-order chi connectivity index (χ0) is 10.7. The number of hydrogen-bond donors (Lipinski definition) is 1. The first-order valence-corrected chi connectivity index (χ1v) is 4.92. The zero-order valence-electron chi connectivity index (χ0n) is 8.22. The second-order valence-corrected chi connectivity index (χ2v) is 3.54. The van der Waals surface area contributed by atoms with E-state index in [1.54, 1.807) is 6.07 Å². The van der Waals surface area contributed by atoms with E-state index < -0.39 is 5.97 Å². The van der Waals surface area contributed by atoms with Gasteiger partial charge >= 0.3 is 5.97 Å². The highest BCUT2D eigenvalue weighted by molar-refractivity contribution is 5.84. The maximum absolute atomic E-state index is 10.6. The quantitative estimate of drug-likeness (QED) is 0.787. The van der Waals surface area contributed by atoms with Gasteiger partial charge in [0.05, 0.1) is 5.69 Å². The molecule has 1 aromatic heterocycles. The summed E-state index contributed by atoms with van der Waals surface area (Å²) < 4.78 is 5.24. The van der Waals surface area contributed by atoms with E-state index in [1.807, 2.05) is 0 Å². The van der Waals surface area contributed by atoms with Gasteiger partial charge in [-0.1, -0.05) is 0 Å². The Kier molecular flexibility index (Phi) is 2.91. The lowest BCUT2D eigenvalue weighted by Crippen LogP contribution is -2.16. The van der Waals surface area contributed by atoms with Crippen LogP contribution in [0.2, 0.25) is 0 Å². The van der Waals surface area contributed by atoms with Crippen molar-refractivity contribution in [2.45, 2.75) is 18.8 Å². The van der Waals surface area contributed by atoms with Crippen molar-refractivity contribution in [2.24, 2.45) is 0 Å². The Balaban J connectivity index is 2.11. The molecule has 1 aliphatic heterocycles. The third kappa shape index (κ3) is 2.30. The number of carbonyl (C=O) groups is 1. The molecule has 1 aliphatic rings. The van der Waals surface area contributed by atoms with Gasteiger partial charge < -0.3 is 9.84 Å². The number of nitrogens with zero attached hydrogens (tertiary/aromatic N) is 2. The summed E-state index contributed by atoms with van der Waals surface area (Å²) in [6.07, 6.45) is 1.86. The number of aromatic nitrogens is 2. The van der Waals surface area contributed by atoms with Gasteiger partial charge in [0.1, 0.15) is 0 Å². The molecule has 0 aliphatic carbocycles. The van der Waals surface area contributed by atoms with Crippen molar-refractivity contribution in [3.8, 4) is 0 Å². The fourth-order valence-electron chi connectivity index (χ4n) is 1.67. The summed E-state index contributed by atoms with van der Waals surface area (Å²) in [6, 6.07) is 3.24. The predicted molar refractivity (Wildman–Crippen MR) is 51.8 cm³/mol. The highest BCUT2D eigenvalue weighted by Gasteiger charge is 2.18. The maximum Gasteiger partial charge on any atom is 0.356 e. The number of rotatable bonds is 2. The molecule has 1 aromatic rings. The standard InChI is InChI=1S/C10H12N2O3/c13-10(14)9-2-1-8(11-12-9)7-3-5-15-6-4-7/h1-2,7H,3-6H2,(H,13,14). The minimum Gasteiger partial charge on any atom is -0.476 e. The lowest BCUT2D eigenvalue weighted by molar-refractivity contribution is 0.0688. The summed E-state index contributed by atoms with van der Waals surface area (Å²) in [4.78, 5) is 10.6. The van der Waals surface area contributed by atoms with Crippen LogP contribution in [-0.2, 0) is 4.74 Å². The monoisotopic (exact) mass is 208 g/mol. The average molecular weight is 208 g/mol. The number of hydrogen-bond acceptors (Lipinski definition) is 4. The van der Waals surface area contributed by atoms with E-state index in [2.05, 4.69) is 10.2 Å². The van der Waals surface area contributed by atoms with Crippen molar-refractivity contribution in [1.29, 1.82) is 0 Å². The topological polar surface area (TPSA) is 72.3 Å². The summed E-state index contributed by atoms with van der Waals surface area (Å²) in [6.45, 7) is 1.49. The molecular weight excluding hydrogens is 196 g/mol. The van der Waals surface area contributed by atoms with Gasteiger partial charge in [-0.3, -0.25) is 0 Å². The summed E-state index contributed by atoms with van der Waals surface area (Å²) >= 11 is 0. The molecule has 0 atom stereocenters. The molecule has 5 heteroatoms. The van der Waals surface area contributed by atoms with E-state index >= 15 is 0 Å². The summed E-state index contributed by atoms with van der Waals surface area (Å²) in [5, 5.41) is 16.3. The van der Waals surface area contributed by atoms with Crippen LogP contribution in [0.15, 0.2) is 12.1 Å². The smallest absolute Gasteiger partial charge is 0.356 e. The molecule has 0 aromatic carbocycles. The molecule has 2 rings (SSSR count). The molecule has 0 unspecified atom stereocenters. The van der Waals surface area contributed by atoms with Gasteiger partial charge in [0.25, 0.3) is 0 Å². The Morgan fingerprint density at radius 1 is 1.33 bits per heavy atom. The van der Waals surface area contributed by atoms with Gasteiger partial charge in [-0.15, -0.1) is 5.10 Å². The largest absolute Gasteiger partial charge is 0.476 e. The Bertz CT molecular complexity index is 344. The van der Waals surface area contributed by atoms with E-state index in [0.29, 0.717) is 5.92 Å². The van der Waals surface area contributed by atoms with Crippen LogP contribution in [0.1, 0.15) is 34.9 Å². The molecule has 0 radical (unpaired) electrons. The van der Waals surface area contributed by atoms with E-state index in [9.17, 15) is 4.79 Å². The summed E-state index contributed by atoms with van der Waals surface area (Å²) in [7, 11) is 0. The fourth-order valence-corrected chi connectivity index (χ4v) is 1.67. The van der Waals surface area contributed by atoms with Crippen molar-refractivity contribution in [1.82, 2.24) is 10.2 Å². The van der Waals surface area contributed by atoms with E-state index in [0.717, 1.165) is 31.7 Å². The van der Waals surface area contributed by atoms with Gasteiger partial charge in [0, 0.05) is 19.1 Å². The molecule has 0 amide bonds. The SMILES string of the molecule is O=C(O)c1ccc(C2CCOCC2)nn1. The lowest BCUT2D eigenvalue weighted by Gasteiger charge is -2.20. The Morgan fingerprint density at radius 3 is 2.60 bits per heavy atom. The van der Waals surface area contributed by atoms with Crippen LogP contribution in [-0.4, -0.2) is 34.5 Å². The van der Waals surface area contributed by atoms with Crippen LogP contribution in [0.4, 0.5) is 0 Å². The Morgan fingerprint density at radius 2 is 2.07 bits per heavy atom. The van der Waals surface area contributed by atoms with Crippen LogP contribution in [0.25, 0.3) is 0 Å². The molecule has 0 saturated carbocycles. The van der Waals surface area contributed by atoms with E-state index in [-0.39, 0.29) is 5.69 Å². The third-order valence-electron chi connectivity index (χ3n) is 2.54. The third-order valence-corrected chi connectivity index (χ3v) is 2.54. The second-order valence-electron chi connectivity index (χ2n) is 3.54. The molecule has 80 valence electrons. The number of carboxylic acids is 1. The van der Waals surface area contributed by atoms with Gasteiger partial charge in [-0.2, -0.15) is 5.10 Å². The normalized spacial score (nSPS) is 17.6. The molecule has 15 heavy (non-hydrogen) atoms. The Hall–Kier alpha value is -1.49. The van der Waals surface area contributed by atoms with Crippen LogP contribution < -0.4 is 0 Å². The number of carboxylic acid groups (broad SMARTS) is 1. The van der Waals surface area contributed by atoms with Crippen LogP contribution >= 0.6 is 0 Å². The van der Waals surface area contributed by atoms with Crippen LogP contribution in [0.5, 0.6) is 0 Å². The first-order chi connectivity index (χ1) is 7.27. The molecule has 5 nitrogen and oxygen atoms in total. The lowest BCUT2D eigenvalue weighted by atomic mass is 9.96. The van der Waals surface area contributed by atoms with Gasteiger partial charge in [0.2, 0.25) is 0 Å². The van der Waals surface area contributed by atoms with Crippen LogP contribution in [0, 0.1) is 0 Å². The molecule has 0 bridgehead atoms. The molecule has 0 spiro atoms. The molecule has 1 fully saturated rings. The zero-order valence-corrected chi connectivity index (χ0v) is 8.22. The van der Waals surface area contributed by atoms with Gasteiger partial charge in [-0.05, 0) is 25.0 Å². The van der Waals surface area contributed by atoms with Crippen LogP contribution in [0.3, 0.4) is 0 Å². The van der Waals surface area contributed by atoms with Gasteiger partial charge in [-0.25, -0.2) is 4.79 Å². The molecule has 1 saturated heterocycles. The number of ether oxygens (including phenoxy) is 1. The molecule has 2 heterocycles. The highest BCUT2D eigenvalue weighted by atomic mass is 16.5. The van der Waals surface area contributed by atoms with Crippen molar-refractivity contribution < 1.29 is 14.6 Å². The second kappa shape index (κ2) is 4.35.